The zero-order valence-electron chi connectivity index (χ0n) is 21.4. The number of amides is 1. The van der Waals surface area contributed by atoms with Crippen LogP contribution < -0.4 is 14.4 Å². The third-order valence-corrected chi connectivity index (χ3v) is 8.09. The van der Waals surface area contributed by atoms with Crippen LogP contribution in [0.5, 0.6) is 5.75 Å². The normalized spacial score (nSPS) is 16.2. The molecular formula is C29H30N4O4S. The van der Waals surface area contributed by atoms with E-state index in [0.29, 0.717) is 36.4 Å². The van der Waals surface area contributed by atoms with Crippen LogP contribution in [0.25, 0.3) is 10.9 Å². The second kappa shape index (κ2) is 10.7. The summed E-state index contributed by atoms with van der Waals surface area (Å²) in [7, 11) is -2.20. The summed E-state index contributed by atoms with van der Waals surface area (Å²) in [5, 5.41) is 0.838. The first-order chi connectivity index (χ1) is 18.4. The highest BCUT2D eigenvalue weighted by Gasteiger charge is 2.26. The largest absolute Gasteiger partial charge is 0.495 e. The first kappa shape index (κ1) is 25.5. The first-order valence-corrected chi connectivity index (χ1v) is 14.0. The number of rotatable bonds is 6. The molecule has 1 saturated heterocycles. The highest BCUT2D eigenvalue weighted by Crippen LogP contribution is 2.30. The lowest BCUT2D eigenvalue weighted by atomic mass is 10.1. The van der Waals surface area contributed by atoms with Crippen molar-refractivity contribution in [3.63, 3.8) is 0 Å². The van der Waals surface area contributed by atoms with Crippen molar-refractivity contribution in [3.8, 4) is 5.75 Å². The van der Waals surface area contributed by atoms with Crippen molar-refractivity contribution < 1.29 is 17.9 Å². The average Bonchev–Trinajstić information content (AvgIpc) is 3.14. The summed E-state index contributed by atoms with van der Waals surface area (Å²) < 4.78 is 34.3. The number of methoxy groups -OCH3 is 1. The molecule has 9 heteroatoms. The Morgan fingerprint density at radius 2 is 1.71 bits per heavy atom. The van der Waals surface area contributed by atoms with Gasteiger partial charge in [0.15, 0.2) is 0 Å². The van der Waals surface area contributed by atoms with E-state index in [1.165, 1.54) is 12.1 Å². The lowest BCUT2D eigenvalue weighted by Crippen LogP contribution is -2.35. The number of hydrogen-bond donors (Lipinski definition) is 1. The highest BCUT2D eigenvalue weighted by molar-refractivity contribution is 7.92. The monoisotopic (exact) mass is 530 g/mol. The fourth-order valence-electron chi connectivity index (χ4n) is 4.88. The third kappa shape index (κ3) is 5.28. The number of benzene rings is 3. The zero-order chi connectivity index (χ0) is 26.7. The van der Waals surface area contributed by atoms with Crippen molar-refractivity contribution in [2.24, 2.45) is 5.92 Å². The molecule has 5 rings (SSSR count). The molecule has 8 nitrogen and oxygen atoms in total. The Morgan fingerprint density at radius 3 is 2.50 bits per heavy atom. The molecule has 0 saturated carbocycles. The molecule has 2 heterocycles. The van der Waals surface area contributed by atoms with Crippen LogP contribution in [-0.4, -0.2) is 57.5 Å². The summed E-state index contributed by atoms with van der Waals surface area (Å²) in [6, 6.07) is 23.0. The molecule has 4 aromatic rings. The van der Waals surface area contributed by atoms with Crippen LogP contribution in [0.3, 0.4) is 0 Å². The van der Waals surface area contributed by atoms with Gasteiger partial charge in [-0.05, 0) is 54.4 Å². The van der Waals surface area contributed by atoms with Gasteiger partial charge in [0.2, 0.25) is 0 Å². The van der Waals surface area contributed by atoms with Crippen LogP contribution in [0.4, 0.5) is 11.4 Å². The van der Waals surface area contributed by atoms with Crippen LogP contribution in [0.15, 0.2) is 90.0 Å². The smallest absolute Gasteiger partial charge is 0.261 e. The number of nitrogens with one attached hydrogen (secondary N) is 1. The Morgan fingerprint density at radius 1 is 0.947 bits per heavy atom. The van der Waals surface area contributed by atoms with Gasteiger partial charge >= 0.3 is 0 Å². The van der Waals surface area contributed by atoms with Crippen molar-refractivity contribution >= 4 is 38.2 Å². The number of anilines is 2. The van der Waals surface area contributed by atoms with E-state index in [4.69, 9.17) is 4.74 Å². The van der Waals surface area contributed by atoms with E-state index in [2.05, 4.69) is 21.5 Å². The summed E-state index contributed by atoms with van der Waals surface area (Å²) in [5.74, 6) is 0.933. The molecule has 0 radical (unpaired) electrons. The van der Waals surface area contributed by atoms with Crippen molar-refractivity contribution in [2.75, 3.05) is 42.9 Å². The van der Waals surface area contributed by atoms with Gasteiger partial charge in [0.1, 0.15) is 5.75 Å². The standard InChI is InChI=1S/C29H30N4O4S/c1-21-19-32(26-10-3-4-11-27(26)37-2)17-18-33(20-21)29(34)23-12-14-24(15-13-23)38(35,36)31-25-9-5-7-22-8-6-16-30-28(22)25/h3-16,21,31H,17-20H2,1-2H3. The SMILES string of the molecule is COc1ccccc1N1CCN(C(=O)c2ccc(S(=O)(=O)Nc3cccc4cccnc34)cc2)CC(C)C1. The minimum atomic E-state index is -3.86. The zero-order valence-corrected chi connectivity index (χ0v) is 22.2. The molecule has 3 aromatic carbocycles. The van der Waals surface area contributed by atoms with Gasteiger partial charge in [-0.3, -0.25) is 14.5 Å². The van der Waals surface area contributed by atoms with E-state index in [1.54, 1.807) is 43.6 Å². The van der Waals surface area contributed by atoms with Crippen molar-refractivity contribution in [1.29, 1.82) is 0 Å². The maximum absolute atomic E-state index is 13.4. The topological polar surface area (TPSA) is 91.8 Å². The van der Waals surface area contributed by atoms with Crippen molar-refractivity contribution in [2.45, 2.75) is 11.8 Å². The third-order valence-electron chi connectivity index (χ3n) is 6.71. The number of sulfonamides is 1. The van der Waals surface area contributed by atoms with Crippen LogP contribution in [0.2, 0.25) is 0 Å². The summed E-state index contributed by atoms with van der Waals surface area (Å²) in [4.78, 5) is 21.8. The molecule has 0 bridgehead atoms. The summed E-state index contributed by atoms with van der Waals surface area (Å²) in [6.07, 6.45) is 1.62. The first-order valence-electron chi connectivity index (χ1n) is 12.5. The van der Waals surface area contributed by atoms with Gasteiger partial charge in [0.25, 0.3) is 15.9 Å². The Hall–Kier alpha value is -4.11. The molecule has 1 aliphatic rings. The Kier molecular flexibility index (Phi) is 7.20. The molecule has 1 N–H and O–H groups in total. The summed E-state index contributed by atoms with van der Waals surface area (Å²) >= 11 is 0. The molecule has 1 aliphatic heterocycles. The van der Waals surface area contributed by atoms with Gasteiger partial charge in [-0.1, -0.05) is 37.3 Å². The van der Waals surface area contributed by atoms with Gasteiger partial charge in [0, 0.05) is 43.3 Å². The van der Waals surface area contributed by atoms with Crippen LogP contribution in [0.1, 0.15) is 17.3 Å². The molecule has 1 amide bonds. The van der Waals surface area contributed by atoms with Gasteiger partial charge < -0.3 is 14.5 Å². The molecule has 1 fully saturated rings. The lowest BCUT2D eigenvalue weighted by Gasteiger charge is -2.26. The summed E-state index contributed by atoms with van der Waals surface area (Å²) in [5.41, 5.74) is 2.44. The Labute approximate surface area is 222 Å². The predicted molar refractivity (Wildman–Crippen MR) is 149 cm³/mol. The molecule has 1 atom stereocenters. The molecule has 1 unspecified atom stereocenters. The number of nitrogens with zero attached hydrogens (tertiary/aromatic N) is 3. The Balaban J connectivity index is 1.30. The van der Waals surface area contributed by atoms with Crippen molar-refractivity contribution in [3.05, 3.63) is 90.6 Å². The minimum Gasteiger partial charge on any atom is -0.495 e. The second-order valence-electron chi connectivity index (χ2n) is 9.48. The van der Waals surface area contributed by atoms with E-state index in [-0.39, 0.29) is 16.7 Å². The van der Waals surface area contributed by atoms with Crippen LogP contribution in [-0.2, 0) is 10.0 Å². The van der Waals surface area contributed by atoms with E-state index in [1.807, 2.05) is 41.3 Å². The number of carbonyl (C=O) groups is 1. The maximum Gasteiger partial charge on any atom is 0.261 e. The van der Waals surface area contributed by atoms with Crippen LogP contribution in [0, 0.1) is 5.92 Å². The maximum atomic E-state index is 13.4. The number of aromatic nitrogens is 1. The van der Waals surface area contributed by atoms with Gasteiger partial charge in [-0.25, -0.2) is 8.42 Å². The number of para-hydroxylation sites is 3. The molecule has 0 spiro atoms. The van der Waals surface area contributed by atoms with Gasteiger partial charge in [-0.2, -0.15) is 0 Å². The quantitative estimate of drug-likeness (QED) is 0.391. The van der Waals surface area contributed by atoms with E-state index in [9.17, 15) is 13.2 Å². The highest BCUT2D eigenvalue weighted by atomic mass is 32.2. The Bertz CT molecular complexity index is 1550. The molecule has 38 heavy (non-hydrogen) atoms. The average molecular weight is 531 g/mol. The number of fused-ring (bicyclic) bond motifs is 1. The van der Waals surface area contributed by atoms with Gasteiger partial charge in [-0.15, -0.1) is 0 Å². The number of ether oxygens (including phenoxy) is 1. The van der Waals surface area contributed by atoms with Crippen molar-refractivity contribution in [1.82, 2.24) is 9.88 Å². The van der Waals surface area contributed by atoms with E-state index >= 15 is 0 Å². The number of carbonyl (C=O) groups excluding carboxylic acids is 1. The minimum absolute atomic E-state index is 0.0774. The summed E-state index contributed by atoms with van der Waals surface area (Å²) in [6.45, 7) is 4.76. The fourth-order valence-corrected chi connectivity index (χ4v) is 5.94. The number of hydrogen-bond acceptors (Lipinski definition) is 6. The predicted octanol–water partition coefficient (Wildman–Crippen LogP) is 4.64. The van der Waals surface area contributed by atoms with Gasteiger partial charge in [0.05, 0.1) is 28.9 Å². The second-order valence-corrected chi connectivity index (χ2v) is 11.2. The lowest BCUT2D eigenvalue weighted by molar-refractivity contribution is 0.0751. The molecule has 0 aliphatic carbocycles. The number of pyridine rings is 1. The van der Waals surface area contributed by atoms with E-state index in [0.717, 1.165) is 23.4 Å². The molecule has 196 valence electrons. The molecule has 1 aromatic heterocycles. The fraction of sp³-hybridized carbons (Fsp3) is 0.241. The van der Waals surface area contributed by atoms with Crippen LogP contribution >= 0.6 is 0 Å². The molecular weight excluding hydrogens is 500 g/mol. The van der Waals surface area contributed by atoms with E-state index < -0.39 is 10.0 Å².